The van der Waals surface area contributed by atoms with E-state index in [-0.39, 0.29) is 11.5 Å². The number of nitrogens with one attached hydrogen (secondary N) is 1. The average Bonchev–Trinajstić information content (AvgIpc) is 2.46. The molecule has 6 heteroatoms. The normalized spacial score (nSPS) is 11.0. The number of carbonyl (C=O) groups is 1. The van der Waals surface area contributed by atoms with Crippen LogP contribution in [0.4, 0.5) is 0 Å². The van der Waals surface area contributed by atoms with Gasteiger partial charge in [-0.1, -0.05) is 13.3 Å². The fourth-order valence-electron chi connectivity index (χ4n) is 1.45. The molecular formula is C14H25N3O3. The fraction of sp³-hybridized carbons (Fsp3) is 0.714. The van der Waals surface area contributed by atoms with Crippen molar-refractivity contribution in [2.24, 2.45) is 0 Å². The van der Waals surface area contributed by atoms with Crippen molar-refractivity contribution in [3.8, 4) is 6.07 Å². The third kappa shape index (κ3) is 8.51. The molecule has 1 amide bonds. The van der Waals surface area contributed by atoms with Gasteiger partial charge in [-0.2, -0.15) is 5.26 Å². The molecule has 0 unspecified atom stereocenters. The third-order valence-electron chi connectivity index (χ3n) is 2.66. The van der Waals surface area contributed by atoms with Crippen LogP contribution in [0.25, 0.3) is 0 Å². The highest BCUT2D eigenvalue weighted by Crippen LogP contribution is 1.99. The summed E-state index contributed by atoms with van der Waals surface area (Å²) in [6.07, 6.45) is 3.47. The van der Waals surface area contributed by atoms with Gasteiger partial charge in [0.15, 0.2) is 0 Å². The van der Waals surface area contributed by atoms with E-state index in [4.69, 9.17) is 14.7 Å². The molecule has 0 aliphatic heterocycles. The molecule has 0 fully saturated rings. The van der Waals surface area contributed by atoms with Crippen LogP contribution in [0.15, 0.2) is 11.8 Å². The van der Waals surface area contributed by atoms with Gasteiger partial charge in [0.25, 0.3) is 5.91 Å². The molecule has 0 saturated heterocycles. The predicted molar refractivity (Wildman–Crippen MR) is 76.9 cm³/mol. The van der Waals surface area contributed by atoms with Crippen molar-refractivity contribution in [3.05, 3.63) is 11.8 Å². The number of unbranched alkanes of at least 4 members (excludes halogenated alkanes) is 1. The Kier molecular flexibility index (Phi) is 11.5. The maximum Gasteiger partial charge on any atom is 0.263 e. The van der Waals surface area contributed by atoms with Gasteiger partial charge >= 0.3 is 0 Å². The topological polar surface area (TPSA) is 74.6 Å². The van der Waals surface area contributed by atoms with Crippen molar-refractivity contribution in [1.29, 1.82) is 5.26 Å². The molecule has 0 aromatic heterocycles. The molecule has 0 aliphatic carbocycles. The first kappa shape index (κ1) is 18.4. The number of ether oxygens (including phenoxy) is 2. The van der Waals surface area contributed by atoms with Crippen LogP contribution in [-0.2, 0) is 14.3 Å². The molecule has 0 atom stereocenters. The number of methoxy groups -OCH3 is 2. The molecule has 0 aromatic rings. The molecule has 0 heterocycles. The lowest BCUT2D eigenvalue weighted by Gasteiger charge is -2.20. The summed E-state index contributed by atoms with van der Waals surface area (Å²) in [5.74, 6) is -0.333. The van der Waals surface area contributed by atoms with Gasteiger partial charge < -0.3 is 19.7 Å². The zero-order valence-electron chi connectivity index (χ0n) is 12.6. The summed E-state index contributed by atoms with van der Waals surface area (Å²) >= 11 is 0. The first-order valence-electron chi connectivity index (χ1n) is 6.81. The molecule has 6 nitrogen and oxygen atoms in total. The maximum atomic E-state index is 11.8. The van der Waals surface area contributed by atoms with Gasteiger partial charge in [-0.25, -0.2) is 0 Å². The Balaban J connectivity index is 4.58. The van der Waals surface area contributed by atoms with E-state index in [9.17, 15) is 4.79 Å². The first-order valence-corrected chi connectivity index (χ1v) is 6.81. The summed E-state index contributed by atoms with van der Waals surface area (Å²) in [5.41, 5.74) is 0.105. The van der Waals surface area contributed by atoms with Crippen molar-refractivity contribution in [2.45, 2.75) is 19.8 Å². The number of nitrogens with zero attached hydrogens (tertiary/aromatic N) is 2. The Morgan fingerprint density at radius 1 is 1.30 bits per heavy atom. The standard InChI is InChI=1S/C14H25N3O3/c1-4-5-6-16-14(18)13(11-15)12-17(7-9-19-2)8-10-20-3/h12H,4-10H2,1-3H3,(H,16,18)/b13-12-. The first-order chi connectivity index (χ1) is 9.69. The second kappa shape index (κ2) is 12.5. The number of nitriles is 1. The summed E-state index contributed by atoms with van der Waals surface area (Å²) < 4.78 is 10.0. The van der Waals surface area contributed by atoms with Crippen LogP contribution in [0, 0.1) is 11.3 Å². The number of hydrogen-bond donors (Lipinski definition) is 1. The van der Waals surface area contributed by atoms with Crippen LogP contribution in [0.1, 0.15) is 19.8 Å². The van der Waals surface area contributed by atoms with E-state index in [0.29, 0.717) is 32.8 Å². The van der Waals surface area contributed by atoms with Crippen LogP contribution >= 0.6 is 0 Å². The highest BCUT2D eigenvalue weighted by Gasteiger charge is 2.10. The van der Waals surface area contributed by atoms with Gasteiger partial charge in [0.2, 0.25) is 0 Å². The number of carbonyl (C=O) groups excluding carboxylic acids is 1. The van der Waals surface area contributed by atoms with Crippen molar-refractivity contribution in [1.82, 2.24) is 10.2 Å². The summed E-state index contributed by atoms with van der Waals surface area (Å²) in [5, 5.41) is 11.8. The lowest BCUT2D eigenvalue weighted by atomic mass is 10.2. The van der Waals surface area contributed by atoms with E-state index in [0.717, 1.165) is 12.8 Å². The highest BCUT2D eigenvalue weighted by molar-refractivity contribution is 5.97. The number of amides is 1. The lowest BCUT2D eigenvalue weighted by molar-refractivity contribution is -0.117. The highest BCUT2D eigenvalue weighted by atomic mass is 16.5. The molecule has 0 bridgehead atoms. The number of hydrogen-bond acceptors (Lipinski definition) is 5. The Bertz CT molecular complexity index is 329. The zero-order chi connectivity index (χ0) is 15.2. The second-order valence-electron chi connectivity index (χ2n) is 4.29. The van der Waals surface area contributed by atoms with Crippen LogP contribution in [0.5, 0.6) is 0 Å². The molecular weight excluding hydrogens is 258 g/mol. The maximum absolute atomic E-state index is 11.8. The SMILES string of the molecule is CCCCNC(=O)/C(C#N)=C\N(CCOC)CCOC. The quantitative estimate of drug-likeness (QED) is 0.346. The van der Waals surface area contributed by atoms with Gasteiger partial charge in [-0.05, 0) is 6.42 Å². The van der Waals surface area contributed by atoms with Crippen LogP contribution < -0.4 is 5.32 Å². The molecule has 0 saturated carbocycles. The smallest absolute Gasteiger partial charge is 0.263 e. The molecule has 0 spiro atoms. The minimum absolute atomic E-state index is 0.105. The fourth-order valence-corrected chi connectivity index (χ4v) is 1.45. The molecule has 114 valence electrons. The van der Waals surface area contributed by atoms with E-state index >= 15 is 0 Å². The van der Waals surface area contributed by atoms with Gasteiger partial charge in [-0.3, -0.25) is 4.79 Å². The van der Waals surface area contributed by atoms with Crippen LogP contribution in [0.2, 0.25) is 0 Å². The monoisotopic (exact) mass is 283 g/mol. The van der Waals surface area contributed by atoms with Crippen molar-refractivity contribution >= 4 is 5.91 Å². The van der Waals surface area contributed by atoms with Crippen molar-refractivity contribution in [3.63, 3.8) is 0 Å². The molecule has 0 radical (unpaired) electrons. The molecule has 0 aromatic carbocycles. The molecule has 0 aliphatic rings. The Morgan fingerprint density at radius 2 is 1.90 bits per heavy atom. The predicted octanol–water partition coefficient (Wildman–Crippen LogP) is 0.905. The molecule has 20 heavy (non-hydrogen) atoms. The van der Waals surface area contributed by atoms with E-state index in [1.54, 1.807) is 20.4 Å². The van der Waals surface area contributed by atoms with Crippen LogP contribution in [0.3, 0.4) is 0 Å². The molecule has 1 N–H and O–H groups in total. The Morgan fingerprint density at radius 3 is 2.35 bits per heavy atom. The van der Waals surface area contributed by atoms with E-state index < -0.39 is 0 Å². The third-order valence-corrected chi connectivity index (χ3v) is 2.66. The van der Waals surface area contributed by atoms with E-state index in [2.05, 4.69) is 5.32 Å². The van der Waals surface area contributed by atoms with Gasteiger partial charge in [0.1, 0.15) is 11.6 Å². The van der Waals surface area contributed by atoms with Gasteiger partial charge in [-0.15, -0.1) is 0 Å². The summed E-state index contributed by atoms with van der Waals surface area (Å²) in [4.78, 5) is 13.7. The summed E-state index contributed by atoms with van der Waals surface area (Å²) in [6.45, 7) is 4.89. The van der Waals surface area contributed by atoms with E-state index in [1.165, 1.54) is 0 Å². The van der Waals surface area contributed by atoms with Crippen molar-refractivity contribution < 1.29 is 14.3 Å². The lowest BCUT2D eigenvalue weighted by Crippen LogP contribution is -2.30. The summed E-state index contributed by atoms with van der Waals surface area (Å²) in [7, 11) is 3.22. The average molecular weight is 283 g/mol. The van der Waals surface area contributed by atoms with Gasteiger partial charge in [0.05, 0.1) is 13.2 Å². The summed E-state index contributed by atoms with van der Waals surface area (Å²) in [6, 6.07) is 1.94. The zero-order valence-corrected chi connectivity index (χ0v) is 12.6. The van der Waals surface area contributed by atoms with Crippen LogP contribution in [-0.4, -0.2) is 57.9 Å². The molecule has 0 rings (SSSR count). The van der Waals surface area contributed by atoms with E-state index in [1.807, 2.05) is 17.9 Å². The minimum Gasteiger partial charge on any atom is -0.383 e. The van der Waals surface area contributed by atoms with Gasteiger partial charge in [0, 0.05) is 40.1 Å². The largest absolute Gasteiger partial charge is 0.383 e. The number of rotatable bonds is 11. The Hall–Kier alpha value is -1.58. The Labute approximate surface area is 121 Å². The van der Waals surface area contributed by atoms with Crippen molar-refractivity contribution in [2.75, 3.05) is 47.1 Å². The minimum atomic E-state index is -0.333. The second-order valence-corrected chi connectivity index (χ2v) is 4.29.